The van der Waals surface area contributed by atoms with Gasteiger partial charge in [0.2, 0.25) is 0 Å². The van der Waals surface area contributed by atoms with E-state index in [0.717, 1.165) is 34.6 Å². The van der Waals surface area contributed by atoms with Gasteiger partial charge in [0.05, 0.1) is 12.1 Å². The molecule has 0 aliphatic carbocycles. The van der Waals surface area contributed by atoms with E-state index in [1.165, 1.54) is 0 Å². The SMILES string of the molecule is CN(C)CCn1ccc(NC(=O)c2c3ccccc3cc3ccccc23)n1. The third-order valence-electron chi connectivity index (χ3n) is 4.66. The molecule has 0 bridgehead atoms. The third kappa shape index (κ3) is 3.55. The molecule has 1 heterocycles. The van der Waals surface area contributed by atoms with E-state index in [1.807, 2.05) is 79.6 Å². The highest BCUT2D eigenvalue weighted by Gasteiger charge is 2.16. The lowest BCUT2D eigenvalue weighted by Crippen LogP contribution is -2.19. The van der Waals surface area contributed by atoms with Crippen LogP contribution in [0.15, 0.2) is 66.9 Å². The average Bonchev–Trinajstić information content (AvgIpc) is 3.11. The highest BCUT2D eigenvalue weighted by atomic mass is 16.1. The standard InChI is InChI=1S/C22H22N4O/c1-25(2)13-14-26-12-11-20(24-26)23-22(27)21-18-9-5-3-7-16(18)15-17-8-4-6-10-19(17)21/h3-12,15H,13-14H2,1-2H3,(H,23,24,27). The van der Waals surface area contributed by atoms with Gasteiger partial charge in [0.25, 0.3) is 5.91 Å². The molecule has 0 spiro atoms. The Balaban J connectivity index is 1.70. The van der Waals surface area contributed by atoms with Crippen LogP contribution in [0.1, 0.15) is 10.4 Å². The van der Waals surface area contributed by atoms with Gasteiger partial charge in [-0.3, -0.25) is 9.48 Å². The van der Waals surface area contributed by atoms with Crippen LogP contribution in [0.25, 0.3) is 21.5 Å². The first-order valence-electron chi connectivity index (χ1n) is 9.02. The minimum atomic E-state index is -0.138. The maximum Gasteiger partial charge on any atom is 0.258 e. The molecule has 4 aromatic rings. The summed E-state index contributed by atoms with van der Waals surface area (Å²) in [5, 5.41) is 11.4. The molecule has 136 valence electrons. The first-order chi connectivity index (χ1) is 13.1. The number of amides is 1. The molecule has 1 amide bonds. The molecule has 0 saturated heterocycles. The molecule has 0 unspecified atom stereocenters. The Kier molecular flexibility index (Phi) is 4.60. The Labute approximate surface area is 158 Å². The van der Waals surface area contributed by atoms with E-state index in [9.17, 15) is 4.79 Å². The number of carbonyl (C=O) groups is 1. The molecular formula is C22H22N4O. The van der Waals surface area contributed by atoms with Crippen molar-refractivity contribution in [2.45, 2.75) is 6.54 Å². The van der Waals surface area contributed by atoms with Crippen molar-refractivity contribution >= 4 is 33.3 Å². The number of aromatic nitrogens is 2. The molecule has 0 aliphatic rings. The van der Waals surface area contributed by atoms with Crippen molar-refractivity contribution in [3.63, 3.8) is 0 Å². The summed E-state index contributed by atoms with van der Waals surface area (Å²) in [4.78, 5) is 15.2. The van der Waals surface area contributed by atoms with Crippen molar-refractivity contribution in [2.24, 2.45) is 0 Å². The van der Waals surface area contributed by atoms with Gasteiger partial charge in [0.1, 0.15) is 0 Å². The largest absolute Gasteiger partial charge is 0.308 e. The van der Waals surface area contributed by atoms with E-state index in [0.29, 0.717) is 11.4 Å². The molecule has 27 heavy (non-hydrogen) atoms. The van der Waals surface area contributed by atoms with Crippen LogP contribution in [0.5, 0.6) is 0 Å². The van der Waals surface area contributed by atoms with Gasteiger partial charge >= 0.3 is 0 Å². The van der Waals surface area contributed by atoms with Gasteiger partial charge in [-0.25, -0.2) is 0 Å². The van der Waals surface area contributed by atoms with Crippen LogP contribution < -0.4 is 5.32 Å². The molecule has 0 atom stereocenters. The van der Waals surface area contributed by atoms with Crippen molar-refractivity contribution in [1.29, 1.82) is 0 Å². The Morgan fingerprint density at radius 1 is 1.00 bits per heavy atom. The maximum atomic E-state index is 13.1. The van der Waals surface area contributed by atoms with Crippen molar-refractivity contribution < 1.29 is 4.79 Å². The Hall–Kier alpha value is -3.18. The second-order valence-electron chi connectivity index (χ2n) is 6.92. The van der Waals surface area contributed by atoms with Crippen LogP contribution in [0, 0.1) is 0 Å². The van der Waals surface area contributed by atoms with E-state index in [2.05, 4.69) is 21.4 Å². The molecule has 3 aromatic carbocycles. The van der Waals surface area contributed by atoms with Gasteiger partial charge in [-0.15, -0.1) is 0 Å². The molecule has 1 aromatic heterocycles. The summed E-state index contributed by atoms with van der Waals surface area (Å²) in [7, 11) is 4.05. The van der Waals surface area contributed by atoms with E-state index in [4.69, 9.17) is 0 Å². The average molecular weight is 358 g/mol. The van der Waals surface area contributed by atoms with Gasteiger partial charge in [-0.1, -0.05) is 48.5 Å². The van der Waals surface area contributed by atoms with Gasteiger partial charge in [-0.05, 0) is 41.7 Å². The molecule has 5 nitrogen and oxygen atoms in total. The summed E-state index contributed by atoms with van der Waals surface area (Å²) in [6.45, 7) is 1.67. The van der Waals surface area contributed by atoms with Crippen LogP contribution in [-0.2, 0) is 6.54 Å². The van der Waals surface area contributed by atoms with Crippen LogP contribution >= 0.6 is 0 Å². The minimum Gasteiger partial charge on any atom is -0.308 e. The first kappa shape index (κ1) is 17.2. The summed E-state index contributed by atoms with van der Waals surface area (Å²) in [6.07, 6.45) is 1.89. The topological polar surface area (TPSA) is 50.2 Å². The summed E-state index contributed by atoms with van der Waals surface area (Å²) in [5.41, 5.74) is 0.687. The quantitative estimate of drug-likeness (QED) is 0.549. The second-order valence-corrected chi connectivity index (χ2v) is 6.92. The lowest BCUT2D eigenvalue weighted by molar-refractivity contribution is 0.102. The van der Waals surface area contributed by atoms with E-state index in [-0.39, 0.29) is 5.91 Å². The zero-order valence-electron chi connectivity index (χ0n) is 15.5. The highest BCUT2D eigenvalue weighted by Crippen LogP contribution is 2.29. The van der Waals surface area contributed by atoms with Crippen molar-refractivity contribution in [1.82, 2.24) is 14.7 Å². The van der Waals surface area contributed by atoms with Gasteiger partial charge in [-0.2, -0.15) is 5.10 Å². The smallest absolute Gasteiger partial charge is 0.258 e. The number of carbonyl (C=O) groups excluding carboxylic acids is 1. The number of hydrogen-bond donors (Lipinski definition) is 1. The number of fused-ring (bicyclic) bond motifs is 2. The Bertz CT molecular complexity index is 1060. The van der Waals surface area contributed by atoms with Crippen LogP contribution in [0.3, 0.4) is 0 Å². The molecule has 0 fully saturated rings. The highest BCUT2D eigenvalue weighted by molar-refractivity contribution is 6.21. The lowest BCUT2D eigenvalue weighted by atomic mass is 9.96. The van der Waals surface area contributed by atoms with E-state index >= 15 is 0 Å². The number of rotatable bonds is 5. The van der Waals surface area contributed by atoms with E-state index < -0.39 is 0 Å². The maximum absolute atomic E-state index is 13.1. The predicted octanol–water partition coefficient (Wildman–Crippen LogP) is 4.00. The predicted molar refractivity (Wildman–Crippen MR) is 110 cm³/mol. The zero-order chi connectivity index (χ0) is 18.8. The fourth-order valence-electron chi connectivity index (χ4n) is 3.29. The molecule has 0 radical (unpaired) electrons. The van der Waals surface area contributed by atoms with Gasteiger partial charge in [0, 0.05) is 18.8 Å². The molecule has 1 N–H and O–H groups in total. The molecule has 0 saturated carbocycles. The molecule has 5 heteroatoms. The Morgan fingerprint density at radius 2 is 1.63 bits per heavy atom. The summed E-state index contributed by atoms with van der Waals surface area (Å²) < 4.78 is 1.84. The van der Waals surface area contributed by atoms with Gasteiger partial charge in [0.15, 0.2) is 5.82 Å². The molecule has 0 aliphatic heterocycles. The summed E-state index contributed by atoms with van der Waals surface area (Å²) >= 11 is 0. The van der Waals surface area contributed by atoms with Crippen molar-refractivity contribution in [3.8, 4) is 0 Å². The number of hydrogen-bond acceptors (Lipinski definition) is 3. The summed E-state index contributed by atoms with van der Waals surface area (Å²) in [5.74, 6) is 0.427. The number of anilines is 1. The number of nitrogens with zero attached hydrogens (tertiary/aromatic N) is 3. The van der Waals surface area contributed by atoms with Crippen LogP contribution in [0.4, 0.5) is 5.82 Å². The zero-order valence-corrected chi connectivity index (χ0v) is 15.5. The van der Waals surface area contributed by atoms with Crippen LogP contribution in [0.2, 0.25) is 0 Å². The number of benzene rings is 3. The third-order valence-corrected chi connectivity index (χ3v) is 4.66. The second kappa shape index (κ2) is 7.21. The number of nitrogens with one attached hydrogen (secondary N) is 1. The van der Waals surface area contributed by atoms with Crippen molar-refractivity contribution in [2.75, 3.05) is 26.0 Å². The van der Waals surface area contributed by atoms with Crippen LogP contribution in [-0.4, -0.2) is 41.2 Å². The summed E-state index contributed by atoms with van der Waals surface area (Å²) in [6, 6.07) is 19.9. The fourth-order valence-corrected chi connectivity index (χ4v) is 3.29. The monoisotopic (exact) mass is 358 g/mol. The fraction of sp³-hybridized carbons (Fsp3) is 0.182. The first-order valence-corrected chi connectivity index (χ1v) is 9.02. The molecular weight excluding hydrogens is 336 g/mol. The lowest BCUT2D eigenvalue weighted by Gasteiger charge is -2.11. The van der Waals surface area contributed by atoms with Crippen molar-refractivity contribution in [3.05, 3.63) is 72.4 Å². The number of likely N-dealkylation sites (N-methyl/N-ethyl adjacent to an activating group) is 1. The normalized spacial score (nSPS) is 11.4. The van der Waals surface area contributed by atoms with E-state index in [1.54, 1.807) is 0 Å². The Morgan fingerprint density at radius 3 is 2.26 bits per heavy atom. The molecule has 4 rings (SSSR count). The van der Waals surface area contributed by atoms with Gasteiger partial charge < -0.3 is 10.2 Å². The minimum absolute atomic E-state index is 0.138.